The molecule has 4 heteroatoms. The van der Waals surface area contributed by atoms with E-state index in [2.05, 4.69) is 52.1 Å². The highest BCUT2D eigenvalue weighted by atomic mass is 32.1. The lowest BCUT2D eigenvalue weighted by molar-refractivity contribution is 0.708. The van der Waals surface area contributed by atoms with Crippen LogP contribution in [0, 0.1) is 0 Å². The van der Waals surface area contributed by atoms with Gasteiger partial charge in [-0.15, -0.1) is 22.7 Å². The zero-order chi connectivity index (χ0) is 14.2. The number of benzene rings is 1. The van der Waals surface area contributed by atoms with E-state index in [-0.39, 0.29) is 6.04 Å². The number of pyridine rings is 1. The lowest BCUT2D eigenvalue weighted by Crippen LogP contribution is -2.17. The van der Waals surface area contributed by atoms with Gasteiger partial charge in [0.1, 0.15) is 0 Å². The van der Waals surface area contributed by atoms with Crippen LogP contribution in [0.3, 0.4) is 0 Å². The van der Waals surface area contributed by atoms with E-state index in [1.807, 2.05) is 30.6 Å². The van der Waals surface area contributed by atoms with E-state index in [0.29, 0.717) is 0 Å². The summed E-state index contributed by atoms with van der Waals surface area (Å²) >= 11 is 3.66. The summed E-state index contributed by atoms with van der Waals surface area (Å²) < 4.78 is 2.73. The van der Waals surface area contributed by atoms with Crippen molar-refractivity contribution in [3.05, 3.63) is 64.5 Å². The molecule has 0 bridgehead atoms. The Morgan fingerprint density at radius 1 is 1.10 bits per heavy atom. The highest BCUT2D eigenvalue weighted by Gasteiger charge is 2.18. The summed E-state index contributed by atoms with van der Waals surface area (Å²) in [5.41, 5.74) is 2.32. The third kappa shape index (κ3) is 2.16. The molecule has 104 valence electrons. The van der Waals surface area contributed by atoms with Crippen LogP contribution in [0.1, 0.15) is 16.5 Å². The molecule has 0 spiro atoms. The number of nitrogens with one attached hydrogen (secondary N) is 1. The first-order valence-corrected chi connectivity index (χ1v) is 8.54. The Labute approximate surface area is 131 Å². The molecule has 0 aliphatic carbocycles. The maximum absolute atomic E-state index is 4.58. The Bertz CT molecular complexity index is 873. The van der Waals surface area contributed by atoms with Crippen LogP contribution >= 0.6 is 22.7 Å². The Balaban J connectivity index is 1.90. The minimum Gasteiger partial charge on any atom is -0.309 e. The second-order valence-corrected chi connectivity index (χ2v) is 7.00. The number of thiophene rings is 2. The minimum absolute atomic E-state index is 0.188. The van der Waals surface area contributed by atoms with Gasteiger partial charge in [-0.05, 0) is 30.6 Å². The Kier molecular flexibility index (Phi) is 3.22. The van der Waals surface area contributed by atoms with Gasteiger partial charge in [0.05, 0.1) is 11.6 Å². The second-order valence-electron chi connectivity index (χ2n) is 4.94. The number of fused-ring (bicyclic) bond motifs is 2. The van der Waals surface area contributed by atoms with Gasteiger partial charge >= 0.3 is 0 Å². The summed E-state index contributed by atoms with van der Waals surface area (Å²) in [5.74, 6) is 0. The van der Waals surface area contributed by atoms with E-state index in [4.69, 9.17) is 0 Å². The molecule has 1 unspecified atom stereocenters. The zero-order valence-electron chi connectivity index (χ0n) is 11.5. The van der Waals surface area contributed by atoms with E-state index in [1.54, 1.807) is 11.3 Å². The Hall–Kier alpha value is -1.75. The highest BCUT2D eigenvalue weighted by molar-refractivity contribution is 7.27. The van der Waals surface area contributed by atoms with Gasteiger partial charge in [0, 0.05) is 31.4 Å². The first-order chi connectivity index (χ1) is 10.4. The molecule has 3 heterocycles. The molecule has 0 saturated heterocycles. The van der Waals surface area contributed by atoms with E-state index in [1.165, 1.54) is 25.2 Å². The van der Waals surface area contributed by atoms with Crippen molar-refractivity contribution in [2.45, 2.75) is 6.04 Å². The third-order valence-electron chi connectivity index (χ3n) is 3.71. The van der Waals surface area contributed by atoms with Gasteiger partial charge in [-0.3, -0.25) is 4.98 Å². The molecule has 1 atom stereocenters. The van der Waals surface area contributed by atoms with Crippen molar-refractivity contribution >= 4 is 43.0 Å². The zero-order valence-corrected chi connectivity index (χ0v) is 13.2. The summed E-state index contributed by atoms with van der Waals surface area (Å²) in [6.07, 6.45) is 1.87. The maximum Gasteiger partial charge on any atom is 0.0753 e. The van der Waals surface area contributed by atoms with Gasteiger partial charge in [-0.25, -0.2) is 0 Å². The van der Waals surface area contributed by atoms with E-state index in [9.17, 15) is 0 Å². The number of nitrogens with zero attached hydrogens (tertiary/aromatic N) is 1. The predicted octanol–water partition coefficient (Wildman–Crippen LogP) is 4.82. The molecule has 0 amide bonds. The largest absolute Gasteiger partial charge is 0.309 e. The molecule has 0 aliphatic heterocycles. The monoisotopic (exact) mass is 310 g/mol. The fourth-order valence-corrected chi connectivity index (χ4v) is 4.99. The lowest BCUT2D eigenvalue weighted by Gasteiger charge is -2.16. The van der Waals surface area contributed by atoms with Crippen molar-refractivity contribution < 1.29 is 0 Å². The van der Waals surface area contributed by atoms with Crippen molar-refractivity contribution in [3.8, 4) is 0 Å². The van der Waals surface area contributed by atoms with Crippen molar-refractivity contribution in [3.63, 3.8) is 0 Å². The van der Waals surface area contributed by atoms with Crippen molar-refractivity contribution in [2.24, 2.45) is 0 Å². The van der Waals surface area contributed by atoms with Crippen LogP contribution in [-0.4, -0.2) is 12.0 Å². The van der Waals surface area contributed by atoms with Gasteiger partial charge in [0.2, 0.25) is 0 Å². The van der Waals surface area contributed by atoms with Gasteiger partial charge < -0.3 is 5.32 Å². The molecule has 0 aliphatic rings. The topological polar surface area (TPSA) is 24.9 Å². The van der Waals surface area contributed by atoms with Crippen molar-refractivity contribution in [2.75, 3.05) is 7.05 Å². The maximum atomic E-state index is 4.58. The molecule has 1 N–H and O–H groups in total. The van der Waals surface area contributed by atoms with Crippen LogP contribution in [0.25, 0.3) is 20.3 Å². The average Bonchev–Trinajstić information content (AvgIpc) is 3.10. The third-order valence-corrected chi connectivity index (χ3v) is 5.86. The summed E-state index contributed by atoms with van der Waals surface area (Å²) in [6.45, 7) is 0. The smallest absolute Gasteiger partial charge is 0.0753 e. The van der Waals surface area contributed by atoms with E-state index < -0.39 is 0 Å². The number of rotatable bonds is 3. The lowest BCUT2D eigenvalue weighted by atomic mass is 10.0. The van der Waals surface area contributed by atoms with Crippen LogP contribution in [0.2, 0.25) is 0 Å². The normalized spacial score (nSPS) is 13.0. The summed E-state index contributed by atoms with van der Waals surface area (Å²) in [4.78, 5) is 5.93. The average molecular weight is 310 g/mol. The quantitative estimate of drug-likeness (QED) is 0.587. The van der Waals surface area contributed by atoms with Gasteiger partial charge in [-0.1, -0.05) is 24.3 Å². The molecule has 0 radical (unpaired) electrons. The number of hydrogen-bond acceptors (Lipinski definition) is 4. The van der Waals surface area contributed by atoms with Crippen molar-refractivity contribution in [1.29, 1.82) is 0 Å². The highest BCUT2D eigenvalue weighted by Crippen LogP contribution is 2.37. The second kappa shape index (κ2) is 5.22. The van der Waals surface area contributed by atoms with Gasteiger partial charge in [-0.2, -0.15) is 0 Å². The molecular formula is C17H14N2S2. The first kappa shape index (κ1) is 13.0. The molecule has 21 heavy (non-hydrogen) atoms. The molecule has 3 aromatic heterocycles. The molecule has 2 nitrogen and oxygen atoms in total. The Morgan fingerprint density at radius 3 is 2.86 bits per heavy atom. The SMILES string of the molecule is CNC(c1cc2sccc2s1)c1cccc2cccnc12. The molecule has 1 aromatic carbocycles. The molecule has 4 aromatic rings. The summed E-state index contributed by atoms with van der Waals surface area (Å²) in [6, 6.07) is 15.2. The minimum atomic E-state index is 0.188. The molecule has 0 fully saturated rings. The first-order valence-electron chi connectivity index (χ1n) is 6.84. The number of aromatic nitrogens is 1. The van der Waals surface area contributed by atoms with Crippen LogP contribution in [0.4, 0.5) is 0 Å². The van der Waals surface area contributed by atoms with E-state index in [0.717, 1.165) is 5.52 Å². The summed E-state index contributed by atoms with van der Waals surface area (Å²) in [5, 5.41) is 6.79. The fourth-order valence-electron chi connectivity index (χ4n) is 2.74. The number of para-hydroxylation sites is 1. The molecular weight excluding hydrogens is 296 g/mol. The van der Waals surface area contributed by atoms with Crippen LogP contribution in [0.15, 0.2) is 54.0 Å². The molecule has 4 rings (SSSR count). The predicted molar refractivity (Wildman–Crippen MR) is 92.3 cm³/mol. The Morgan fingerprint density at radius 2 is 2.00 bits per heavy atom. The summed E-state index contributed by atoms with van der Waals surface area (Å²) in [7, 11) is 2.01. The van der Waals surface area contributed by atoms with Crippen LogP contribution in [-0.2, 0) is 0 Å². The van der Waals surface area contributed by atoms with Crippen LogP contribution in [0.5, 0.6) is 0 Å². The van der Waals surface area contributed by atoms with Crippen LogP contribution < -0.4 is 5.32 Å². The fraction of sp³-hybridized carbons (Fsp3) is 0.118. The number of hydrogen-bond donors (Lipinski definition) is 1. The molecule has 0 saturated carbocycles. The van der Waals surface area contributed by atoms with Gasteiger partial charge in [0.25, 0.3) is 0 Å². The standard InChI is InChI=1S/C17H14N2S2/c1-18-17(15-10-14-13(21-15)7-9-20-14)12-6-2-4-11-5-3-8-19-16(11)12/h2-10,17-18H,1H3. The van der Waals surface area contributed by atoms with Crippen molar-refractivity contribution in [1.82, 2.24) is 10.3 Å². The van der Waals surface area contributed by atoms with E-state index >= 15 is 0 Å². The van der Waals surface area contributed by atoms with Gasteiger partial charge in [0.15, 0.2) is 0 Å².